The first-order valence-corrected chi connectivity index (χ1v) is 23.3. The Kier molecular flexibility index (Phi) is 18.7. The van der Waals surface area contributed by atoms with Crippen molar-refractivity contribution in [3.05, 3.63) is 178 Å². The minimum atomic E-state index is -1.01. The molecule has 0 spiro atoms. The number of benzene rings is 4. The maximum absolute atomic E-state index is 12.1. The van der Waals surface area contributed by atoms with Gasteiger partial charge in [0.25, 0.3) is 0 Å². The molecule has 0 aromatic heterocycles. The van der Waals surface area contributed by atoms with Crippen molar-refractivity contribution in [2.24, 2.45) is 0 Å². The van der Waals surface area contributed by atoms with Gasteiger partial charge in [0.05, 0.1) is 36.4 Å². The fraction of sp³-hybridized carbons (Fsp3) is 0.321. The predicted molar refractivity (Wildman–Crippen MR) is 264 cm³/mol. The van der Waals surface area contributed by atoms with Crippen molar-refractivity contribution < 1.29 is 34.0 Å². The van der Waals surface area contributed by atoms with Gasteiger partial charge in [-0.25, -0.2) is 9.59 Å². The molecule has 2 aliphatic rings. The van der Waals surface area contributed by atoms with E-state index >= 15 is 0 Å². The molecule has 2 atom stereocenters. The molecule has 340 valence electrons. The van der Waals surface area contributed by atoms with E-state index in [0.29, 0.717) is 36.1 Å². The molecule has 2 unspecified atom stereocenters. The smallest absolute Gasteiger partial charge is 0.337 e. The Bertz CT molecular complexity index is 2190. The van der Waals surface area contributed by atoms with Crippen molar-refractivity contribution in [3.63, 3.8) is 0 Å². The Balaban J connectivity index is 1.22. The van der Waals surface area contributed by atoms with Gasteiger partial charge in [-0.15, -0.1) is 0 Å². The van der Waals surface area contributed by atoms with E-state index in [2.05, 4.69) is 36.6 Å². The molecule has 0 saturated heterocycles. The van der Waals surface area contributed by atoms with E-state index < -0.39 is 11.9 Å². The third-order valence-corrected chi connectivity index (χ3v) is 11.4. The predicted octanol–water partition coefficient (Wildman–Crippen LogP) is 13.9. The van der Waals surface area contributed by atoms with Crippen LogP contribution in [0.2, 0.25) is 0 Å². The number of allylic oxidation sites excluding steroid dienone is 2. The fourth-order valence-corrected chi connectivity index (χ4v) is 7.77. The third-order valence-electron chi connectivity index (χ3n) is 11.4. The van der Waals surface area contributed by atoms with Crippen LogP contribution < -0.4 is 20.1 Å². The minimum absolute atomic E-state index is 0.180. The van der Waals surface area contributed by atoms with E-state index in [1.165, 1.54) is 64.2 Å². The lowest BCUT2D eigenvalue weighted by Gasteiger charge is -2.25. The number of aromatic carboxylic acids is 2. The van der Waals surface area contributed by atoms with E-state index in [9.17, 15) is 19.8 Å². The molecule has 0 fully saturated rings. The SMILES string of the molecule is CCCCCCCCOc1ccc(C=C2C=C(OC3=CC(=Cc4ccc(OCCCCCCCC)cc4)C(Nc4ccccc4C(=O)O)C=C3)C=CC2Nc2ccccc2C(=O)O)cc1. The number of nitrogens with one attached hydrogen (secondary N) is 2. The Labute approximate surface area is 384 Å². The lowest BCUT2D eigenvalue weighted by atomic mass is 9.96. The highest BCUT2D eigenvalue weighted by atomic mass is 16.5. The van der Waals surface area contributed by atoms with Crippen molar-refractivity contribution >= 4 is 35.5 Å². The molecule has 6 rings (SSSR count). The normalized spacial score (nSPS) is 16.8. The number of anilines is 2. The molecule has 2 aliphatic carbocycles. The Morgan fingerprint density at radius 3 is 1.31 bits per heavy atom. The lowest BCUT2D eigenvalue weighted by Crippen LogP contribution is -2.23. The van der Waals surface area contributed by atoms with Gasteiger partial charge in [-0.05, 0) is 120 Å². The number of hydrogen-bond donors (Lipinski definition) is 4. The van der Waals surface area contributed by atoms with Crippen molar-refractivity contribution in [1.29, 1.82) is 0 Å². The third kappa shape index (κ3) is 15.2. The lowest BCUT2D eigenvalue weighted by molar-refractivity contribution is 0.0687. The average molecular weight is 877 g/mol. The zero-order valence-electron chi connectivity index (χ0n) is 37.8. The topological polar surface area (TPSA) is 126 Å². The fourth-order valence-electron chi connectivity index (χ4n) is 7.77. The highest BCUT2D eigenvalue weighted by Gasteiger charge is 2.22. The molecule has 4 aromatic rings. The molecule has 0 radical (unpaired) electrons. The van der Waals surface area contributed by atoms with E-state index in [0.717, 1.165) is 46.6 Å². The number of carboxylic acids is 2. The summed E-state index contributed by atoms with van der Waals surface area (Å²) in [6.45, 7) is 5.82. The number of para-hydroxylation sites is 2. The van der Waals surface area contributed by atoms with E-state index in [4.69, 9.17) is 14.2 Å². The molecule has 9 nitrogen and oxygen atoms in total. The summed E-state index contributed by atoms with van der Waals surface area (Å²) in [7, 11) is 0. The highest BCUT2D eigenvalue weighted by molar-refractivity contribution is 5.95. The quantitative estimate of drug-likeness (QED) is 0.0456. The molecule has 0 heterocycles. The summed E-state index contributed by atoms with van der Waals surface area (Å²) in [4.78, 5) is 24.3. The standard InChI is InChI=1S/C56H64N2O7/c1-3-5-7-9-11-17-35-63-45-27-23-41(24-28-45)37-43-39-47(31-33-51(43)57-53-21-15-13-19-49(53)55(59)60)65-48-32-34-52(58-54-22-16-14-20-50(54)56(61)62)44(40-48)38-42-25-29-46(30-26-42)64-36-18-12-10-8-6-4-2/h13-16,19-34,37-40,51-52,57-58H,3-12,17-18,35-36H2,1-2H3,(H,59,60)(H,61,62). The van der Waals surface area contributed by atoms with Crippen LogP contribution in [-0.4, -0.2) is 47.4 Å². The Hall–Kier alpha value is -6.74. The first kappa shape index (κ1) is 47.7. The second-order valence-electron chi connectivity index (χ2n) is 16.5. The van der Waals surface area contributed by atoms with Crippen LogP contribution in [0.1, 0.15) is 123 Å². The van der Waals surface area contributed by atoms with Crippen LogP contribution in [-0.2, 0) is 4.74 Å². The first-order chi connectivity index (χ1) is 31.8. The van der Waals surface area contributed by atoms with Crippen LogP contribution in [0.25, 0.3) is 12.2 Å². The number of rotatable bonds is 26. The summed E-state index contributed by atoms with van der Waals surface area (Å²) in [5, 5.41) is 26.7. The van der Waals surface area contributed by atoms with Gasteiger partial charge in [-0.3, -0.25) is 0 Å². The van der Waals surface area contributed by atoms with Crippen LogP contribution in [0.15, 0.2) is 156 Å². The monoisotopic (exact) mass is 876 g/mol. The van der Waals surface area contributed by atoms with E-state index in [1.54, 1.807) is 36.4 Å². The summed E-state index contributed by atoms with van der Waals surface area (Å²) < 4.78 is 18.7. The van der Waals surface area contributed by atoms with Crippen molar-refractivity contribution in [2.45, 2.75) is 103 Å². The number of unbranched alkanes of at least 4 members (excludes halogenated alkanes) is 10. The van der Waals surface area contributed by atoms with Crippen molar-refractivity contribution in [3.8, 4) is 11.5 Å². The zero-order valence-corrected chi connectivity index (χ0v) is 37.8. The summed E-state index contributed by atoms with van der Waals surface area (Å²) in [6.07, 6.45) is 30.2. The molecule has 9 heteroatoms. The minimum Gasteiger partial charge on any atom is -0.494 e. The number of carbonyl (C=O) groups is 2. The van der Waals surface area contributed by atoms with E-state index in [-0.39, 0.29) is 23.2 Å². The van der Waals surface area contributed by atoms with Crippen molar-refractivity contribution in [2.75, 3.05) is 23.8 Å². The maximum atomic E-state index is 12.1. The molecular formula is C56H64N2O7. The molecule has 65 heavy (non-hydrogen) atoms. The molecule has 4 N–H and O–H groups in total. The summed E-state index contributed by atoms with van der Waals surface area (Å²) in [5.74, 6) is 0.790. The molecule has 4 aromatic carbocycles. The second kappa shape index (κ2) is 25.5. The van der Waals surface area contributed by atoms with Crippen LogP contribution in [0.4, 0.5) is 11.4 Å². The molecule has 0 amide bonds. The van der Waals surface area contributed by atoms with Crippen LogP contribution >= 0.6 is 0 Å². The molecule has 0 bridgehead atoms. The average Bonchev–Trinajstić information content (AvgIpc) is 3.31. The van der Waals surface area contributed by atoms with Crippen LogP contribution in [0.5, 0.6) is 11.5 Å². The summed E-state index contributed by atoms with van der Waals surface area (Å²) in [5.41, 5.74) is 5.00. The van der Waals surface area contributed by atoms with Gasteiger partial charge in [0.15, 0.2) is 0 Å². The maximum Gasteiger partial charge on any atom is 0.337 e. The molecule has 0 saturated carbocycles. The summed E-state index contributed by atoms with van der Waals surface area (Å²) >= 11 is 0. The molecular weight excluding hydrogens is 813 g/mol. The zero-order chi connectivity index (χ0) is 45.6. The van der Waals surface area contributed by atoms with Gasteiger partial charge in [0, 0.05) is 11.4 Å². The first-order valence-electron chi connectivity index (χ1n) is 23.3. The second-order valence-corrected chi connectivity index (χ2v) is 16.5. The van der Waals surface area contributed by atoms with Crippen molar-refractivity contribution in [1.82, 2.24) is 0 Å². The van der Waals surface area contributed by atoms with E-state index in [1.807, 2.05) is 97.1 Å². The molecule has 0 aliphatic heterocycles. The van der Waals surface area contributed by atoms with Gasteiger partial charge in [0.2, 0.25) is 0 Å². The van der Waals surface area contributed by atoms with Gasteiger partial charge >= 0.3 is 11.9 Å². The number of carboxylic acid groups (broad SMARTS) is 2. The summed E-state index contributed by atoms with van der Waals surface area (Å²) in [6, 6.07) is 29.0. The van der Waals surface area contributed by atoms with Gasteiger partial charge in [-0.1, -0.05) is 139 Å². The Morgan fingerprint density at radius 2 is 0.908 bits per heavy atom. The van der Waals surface area contributed by atoms with Gasteiger partial charge < -0.3 is 35.1 Å². The number of ether oxygens (including phenoxy) is 3. The van der Waals surface area contributed by atoms with Crippen LogP contribution in [0, 0.1) is 0 Å². The largest absolute Gasteiger partial charge is 0.494 e. The number of hydrogen-bond acceptors (Lipinski definition) is 7. The van der Waals surface area contributed by atoms with Crippen LogP contribution in [0.3, 0.4) is 0 Å². The Morgan fingerprint density at radius 1 is 0.523 bits per heavy atom. The van der Waals surface area contributed by atoms with Gasteiger partial charge in [-0.2, -0.15) is 0 Å². The van der Waals surface area contributed by atoms with Gasteiger partial charge in [0.1, 0.15) is 23.0 Å². The highest BCUT2D eigenvalue weighted by Crippen LogP contribution is 2.31.